The highest BCUT2D eigenvalue weighted by Gasteiger charge is 2.36. The summed E-state index contributed by atoms with van der Waals surface area (Å²) in [6.07, 6.45) is 11.0. The van der Waals surface area contributed by atoms with Crippen LogP contribution < -0.4 is 0 Å². The first-order valence-corrected chi connectivity index (χ1v) is 4.42. The van der Waals surface area contributed by atoms with E-state index in [0.717, 1.165) is 12.5 Å². The first kappa shape index (κ1) is 6.01. The molecule has 0 aromatic carbocycles. The zero-order valence-electron chi connectivity index (χ0n) is 6.44. The fourth-order valence-corrected chi connectivity index (χ4v) is 2.45. The standard InChI is InChI=1S/C10H12O/c1-2-8-5-9-6-11-10(8)4-3-7(1)9/h1-4,7-10H,5-6H2. The molecule has 0 N–H and O–H groups in total. The molecule has 4 atom stereocenters. The molecule has 4 unspecified atom stereocenters. The lowest BCUT2D eigenvalue weighted by Gasteiger charge is -2.35. The van der Waals surface area contributed by atoms with Crippen molar-refractivity contribution in [2.45, 2.75) is 12.5 Å². The summed E-state index contributed by atoms with van der Waals surface area (Å²) in [5.41, 5.74) is 0. The quantitative estimate of drug-likeness (QED) is 0.476. The van der Waals surface area contributed by atoms with E-state index in [-0.39, 0.29) is 0 Å². The van der Waals surface area contributed by atoms with Gasteiger partial charge in [-0.2, -0.15) is 0 Å². The van der Waals surface area contributed by atoms with Crippen LogP contribution in [0, 0.1) is 17.8 Å². The van der Waals surface area contributed by atoms with Crippen LogP contribution in [0.15, 0.2) is 24.3 Å². The van der Waals surface area contributed by atoms with Crippen molar-refractivity contribution in [2.24, 2.45) is 17.8 Å². The minimum Gasteiger partial charge on any atom is -0.373 e. The van der Waals surface area contributed by atoms with Gasteiger partial charge in [0, 0.05) is 5.92 Å². The second kappa shape index (κ2) is 1.98. The van der Waals surface area contributed by atoms with Crippen molar-refractivity contribution in [1.29, 1.82) is 0 Å². The Kier molecular flexibility index (Phi) is 1.08. The Morgan fingerprint density at radius 2 is 2.00 bits per heavy atom. The molecule has 1 fully saturated rings. The summed E-state index contributed by atoms with van der Waals surface area (Å²) in [5.74, 6) is 2.14. The molecule has 0 aromatic heterocycles. The predicted molar refractivity (Wildman–Crippen MR) is 43.1 cm³/mol. The van der Waals surface area contributed by atoms with Gasteiger partial charge in [0.15, 0.2) is 0 Å². The second-order valence-corrected chi connectivity index (χ2v) is 3.80. The van der Waals surface area contributed by atoms with Gasteiger partial charge in [0.1, 0.15) is 0 Å². The molecule has 2 heterocycles. The summed E-state index contributed by atoms with van der Waals surface area (Å²) in [7, 11) is 0. The summed E-state index contributed by atoms with van der Waals surface area (Å²) in [6.45, 7) is 0.975. The Balaban J connectivity index is 2.10. The molecule has 0 saturated carbocycles. The third kappa shape index (κ3) is 0.747. The Hall–Kier alpha value is -0.560. The molecule has 0 aromatic rings. The van der Waals surface area contributed by atoms with Crippen LogP contribution in [0.5, 0.6) is 0 Å². The van der Waals surface area contributed by atoms with E-state index in [2.05, 4.69) is 24.3 Å². The molecule has 11 heavy (non-hydrogen) atoms. The topological polar surface area (TPSA) is 9.23 Å². The Morgan fingerprint density at radius 3 is 3.00 bits per heavy atom. The lowest BCUT2D eigenvalue weighted by molar-refractivity contribution is -0.0197. The van der Waals surface area contributed by atoms with Crippen molar-refractivity contribution in [1.82, 2.24) is 0 Å². The Labute approximate surface area is 66.7 Å². The summed E-state index contributed by atoms with van der Waals surface area (Å²) in [4.78, 5) is 0. The van der Waals surface area contributed by atoms with Gasteiger partial charge in [-0.3, -0.25) is 0 Å². The molecule has 5 rings (SSSR count). The molecule has 2 aliphatic heterocycles. The zero-order valence-corrected chi connectivity index (χ0v) is 6.44. The summed E-state index contributed by atoms with van der Waals surface area (Å²) in [6, 6.07) is 0. The number of hydrogen-bond acceptors (Lipinski definition) is 1. The van der Waals surface area contributed by atoms with Crippen LogP contribution in [0.4, 0.5) is 0 Å². The van der Waals surface area contributed by atoms with Crippen LogP contribution in [0.3, 0.4) is 0 Å². The summed E-state index contributed by atoms with van der Waals surface area (Å²) >= 11 is 0. The first-order chi connectivity index (χ1) is 5.43. The van der Waals surface area contributed by atoms with Crippen LogP contribution >= 0.6 is 0 Å². The number of rotatable bonds is 0. The van der Waals surface area contributed by atoms with Crippen molar-refractivity contribution in [2.75, 3.05) is 6.61 Å². The predicted octanol–water partition coefficient (Wildman–Crippen LogP) is 1.76. The monoisotopic (exact) mass is 148 g/mol. The highest BCUT2D eigenvalue weighted by molar-refractivity contribution is 5.19. The Morgan fingerprint density at radius 1 is 1.09 bits per heavy atom. The van der Waals surface area contributed by atoms with E-state index >= 15 is 0 Å². The van der Waals surface area contributed by atoms with Crippen LogP contribution in [0.2, 0.25) is 0 Å². The number of allylic oxidation sites excluding steroid dienone is 2. The molecule has 0 amide bonds. The van der Waals surface area contributed by atoms with Crippen molar-refractivity contribution >= 4 is 0 Å². The van der Waals surface area contributed by atoms with Crippen molar-refractivity contribution in [3.05, 3.63) is 24.3 Å². The van der Waals surface area contributed by atoms with Gasteiger partial charge < -0.3 is 4.74 Å². The van der Waals surface area contributed by atoms with Gasteiger partial charge in [0.2, 0.25) is 0 Å². The zero-order chi connectivity index (χ0) is 7.26. The summed E-state index contributed by atoms with van der Waals surface area (Å²) in [5, 5.41) is 0. The van der Waals surface area contributed by atoms with Gasteiger partial charge >= 0.3 is 0 Å². The van der Waals surface area contributed by atoms with E-state index in [1.165, 1.54) is 6.42 Å². The molecule has 5 aliphatic rings. The fourth-order valence-electron chi connectivity index (χ4n) is 2.45. The van der Waals surface area contributed by atoms with Crippen LogP contribution in [-0.4, -0.2) is 12.7 Å². The van der Waals surface area contributed by atoms with Gasteiger partial charge in [-0.05, 0) is 18.3 Å². The van der Waals surface area contributed by atoms with Crippen molar-refractivity contribution in [3.63, 3.8) is 0 Å². The molecule has 58 valence electrons. The number of fused-ring (bicyclic) bond motifs is 1. The molecule has 1 saturated heterocycles. The van der Waals surface area contributed by atoms with Gasteiger partial charge in [-0.25, -0.2) is 0 Å². The maximum atomic E-state index is 5.70. The molecule has 4 bridgehead atoms. The maximum Gasteiger partial charge on any atom is 0.0818 e. The molecular weight excluding hydrogens is 136 g/mol. The lowest BCUT2D eigenvalue weighted by atomic mass is 9.79. The van der Waals surface area contributed by atoms with Crippen molar-refractivity contribution < 1.29 is 4.74 Å². The van der Waals surface area contributed by atoms with Crippen molar-refractivity contribution in [3.8, 4) is 0 Å². The Bertz CT molecular complexity index is 229. The first-order valence-electron chi connectivity index (χ1n) is 4.42. The second-order valence-electron chi connectivity index (χ2n) is 3.80. The van der Waals surface area contributed by atoms with Crippen LogP contribution in [0.1, 0.15) is 6.42 Å². The van der Waals surface area contributed by atoms with E-state index < -0.39 is 0 Å². The third-order valence-electron chi connectivity index (χ3n) is 3.15. The van der Waals surface area contributed by atoms with Gasteiger partial charge in [-0.1, -0.05) is 24.3 Å². The molecular formula is C10H12O. The normalized spacial score (nSPS) is 51.6. The molecule has 1 nitrogen and oxygen atoms in total. The minimum atomic E-state index is 0.398. The maximum absolute atomic E-state index is 5.70. The average molecular weight is 148 g/mol. The van der Waals surface area contributed by atoms with E-state index in [1.807, 2.05) is 0 Å². The third-order valence-corrected chi connectivity index (χ3v) is 3.15. The van der Waals surface area contributed by atoms with Crippen LogP contribution in [0.25, 0.3) is 0 Å². The molecule has 3 aliphatic carbocycles. The molecule has 0 radical (unpaired) electrons. The van der Waals surface area contributed by atoms with E-state index in [9.17, 15) is 0 Å². The molecule has 0 spiro atoms. The van der Waals surface area contributed by atoms with Gasteiger partial charge in [0.05, 0.1) is 12.7 Å². The largest absolute Gasteiger partial charge is 0.373 e. The lowest BCUT2D eigenvalue weighted by Crippen LogP contribution is -2.34. The van der Waals surface area contributed by atoms with E-state index in [4.69, 9.17) is 4.74 Å². The highest BCUT2D eigenvalue weighted by atomic mass is 16.5. The molecule has 1 heteroatoms. The fraction of sp³-hybridized carbons (Fsp3) is 0.600. The van der Waals surface area contributed by atoms with E-state index in [0.29, 0.717) is 17.9 Å². The average Bonchev–Trinajstić information content (AvgIpc) is 2.41. The minimum absolute atomic E-state index is 0.398. The smallest absolute Gasteiger partial charge is 0.0818 e. The highest BCUT2D eigenvalue weighted by Crippen LogP contribution is 2.40. The number of ether oxygens (including phenoxy) is 1. The number of hydrogen-bond donors (Lipinski definition) is 0. The SMILES string of the molecule is C1=CC2CC3COC2C=CC13. The van der Waals surface area contributed by atoms with E-state index in [1.54, 1.807) is 0 Å². The summed E-state index contributed by atoms with van der Waals surface area (Å²) < 4.78 is 5.70. The van der Waals surface area contributed by atoms with Gasteiger partial charge in [0.25, 0.3) is 0 Å². The van der Waals surface area contributed by atoms with Gasteiger partial charge in [-0.15, -0.1) is 0 Å². The van der Waals surface area contributed by atoms with Crippen LogP contribution in [-0.2, 0) is 4.74 Å².